The van der Waals surface area contributed by atoms with E-state index in [2.05, 4.69) is 18.2 Å². The molecule has 0 amide bonds. The molecule has 0 radical (unpaired) electrons. The normalized spacial score (nSPS) is 18.4. The van der Waals surface area contributed by atoms with Crippen molar-refractivity contribution >= 4 is 10.9 Å². The minimum atomic E-state index is -2.78. The standard InChI is InChI=1S/C26H23N/c1-16-11-17(2)13-19(12-16)24-10-9-18-14-21-20-7-5-6-8-22(20)26(3,4)23(21)15-25(18)27-24/h5-15H,1-4H3/i3D3,4D3. The molecule has 0 N–H and O–H groups in total. The summed E-state index contributed by atoms with van der Waals surface area (Å²) in [6.45, 7) is -1.50. The molecule has 1 heteroatoms. The smallest absolute Gasteiger partial charge is 0.0713 e. The number of aromatic nitrogens is 1. The predicted octanol–water partition coefficient (Wildman–Crippen LogP) is 6.82. The van der Waals surface area contributed by atoms with Crippen LogP contribution in [0.25, 0.3) is 33.3 Å². The Bertz CT molecular complexity index is 1380. The quantitative estimate of drug-likeness (QED) is 0.365. The molecule has 1 aromatic heterocycles. The molecule has 1 nitrogen and oxygen atoms in total. The predicted molar refractivity (Wildman–Crippen MR) is 114 cm³/mol. The average molecular weight is 356 g/mol. The third kappa shape index (κ3) is 2.42. The SMILES string of the molecule is [2H]C([2H])([2H])C1(C([2H])([2H])[2H])c2ccccc2-c2cc3ccc(-c4cc(C)cc(C)c4)nc3cc21. The summed E-state index contributed by atoms with van der Waals surface area (Å²) in [4.78, 5) is 4.83. The van der Waals surface area contributed by atoms with E-state index in [1.54, 1.807) is 24.3 Å². The molecule has 4 aromatic rings. The summed E-state index contributed by atoms with van der Waals surface area (Å²) in [6.07, 6.45) is 0. The summed E-state index contributed by atoms with van der Waals surface area (Å²) in [7, 11) is 0. The first-order valence-electron chi connectivity index (χ1n) is 12.1. The van der Waals surface area contributed by atoms with Gasteiger partial charge in [-0.1, -0.05) is 61.2 Å². The van der Waals surface area contributed by atoms with E-state index in [0.29, 0.717) is 27.8 Å². The molecular weight excluding hydrogens is 326 g/mol. The van der Waals surface area contributed by atoms with Crippen LogP contribution in [-0.4, -0.2) is 4.98 Å². The fraction of sp³-hybridized carbons (Fsp3) is 0.192. The summed E-state index contributed by atoms with van der Waals surface area (Å²) >= 11 is 0. The molecule has 0 atom stereocenters. The van der Waals surface area contributed by atoms with Gasteiger partial charge in [0.15, 0.2) is 0 Å². The Labute approximate surface area is 169 Å². The second-order valence-corrected chi connectivity index (χ2v) is 7.46. The van der Waals surface area contributed by atoms with Gasteiger partial charge in [0, 0.05) is 24.6 Å². The molecule has 27 heavy (non-hydrogen) atoms. The minimum Gasteiger partial charge on any atom is -0.248 e. The first kappa shape index (κ1) is 11.0. The monoisotopic (exact) mass is 355 g/mol. The number of nitrogens with zero attached hydrogens (tertiary/aromatic N) is 1. The number of aryl methyl sites for hydroxylation is 2. The maximum Gasteiger partial charge on any atom is 0.0713 e. The number of hydrogen-bond acceptors (Lipinski definition) is 1. The number of fused-ring (bicyclic) bond motifs is 4. The topological polar surface area (TPSA) is 12.9 Å². The summed E-state index contributed by atoms with van der Waals surface area (Å²) in [5.74, 6) is 0. The molecule has 0 aliphatic heterocycles. The Morgan fingerprint density at radius 2 is 1.56 bits per heavy atom. The van der Waals surface area contributed by atoms with Gasteiger partial charge in [0.25, 0.3) is 0 Å². The van der Waals surface area contributed by atoms with Gasteiger partial charge in [-0.2, -0.15) is 0 Å². The highest BCUT2D eigenvalue weighted by molar-refractivity contribution is 5.92. The van der Waals surface area contributed by atoms with Crippen molar-refractivity contribution in [1.82, 2.24) is 4.98 Å². The van der Waals surface area contributed by atoms with Crippen molar-refractivity contribution in [2.45, 2.75) is 33.0 Å². The number of hydrogen-bond donors (Lipinski definition) is 0. The van der Waals surface area contributed by atoms with Crippen LogP contribution >= 0.6 is 0 Å². The van der Waals surface area contributed by atoms with Crippen LogP contribution in [0.5, 0.6) is 0 Å². The van der Waals surface area contributed by atoms with Gasteiger partial charge in [-0.05, 0) is 66.4 Å². The van der Waals surface area contributed by atoms with E-state index >= 15 is 0 Å². The van der Waals surface area contributed by atoms with Gasteiger partial charge in [0.1, 0.15) is 0 Å². The second kappa shape index (κ2) is 5.53. The van der Waals surface area contributed by atoms with Gasteiger partial charge >= 0.3 is 0 Å². The molecule has 0 bridgehead atoms. The van der Waals surface area contributed by atoms with E-state index in [-0.39, 0.29) is 0 Å². The van der Waals surface area contributed by atoms with Crippen LogP contribution in [-0.2, 0) is 5.41 Å². The van der Waals surface area contributed by atoms with E-state index in [1.165, 1.54) is 0 Å². The fourth-order valence-electron chi connectivity index (χ4n) is 4.18. The lowest BCUT2D eigenvalue weighted by Crippen LogP contribution is -2.14. The molecule has 0 saturated carbocycles. The van der Waals surface area contributed by atoms with Crippen molar-refractivity contribution in [1.29, 1.82) is 0 Å². The molecule has 0 spiro atoms. The van der Waals surface area contributed by atoms with Crippen LogP contribution in [0.15, 0.2) is 66.7 Å². The van der Waals surface area contributed by atoms with E-state index < -0.39 is 19.1 Å². The molecule has 1 aliphatic rings. The summed E-state index contributed by atoms with van der Waals surface area (Å²) < 4.78 is 50.3. The lowest BCUT2D eigenvalue weighted by atomic mass is 9.82. The van der Waals surface area contributed by atoms with Crippen molar-refractivity contribution in [3.63, 3.8) is 0 Å². The zero-order valence-corrected chi connectivity index (χ0v) is 15.3. The fourth-order valence-corrected chi connectivity index (χ4v) is 4.18. The zero-order chi connectivity index (χ0) is 23.8. The number of benzene rings is 3. The van der Waals surface area contributed by atoms with Crippen LogP contribution in [0.3, 0.4) is 0 Å². The highest BCUT2D eigenvalue weighted by Crippen LogP contribution is 2.49. The Morgan fingerprint density at radius 1 is 0.778 bits per heavy atom. The van der Waals surface area contributed by atoms with Crippen molar-refractivity contribution in [2.24, 2.45) is 0 Å². The Morgan fingerprint density at radius 3 is 2.33 bits per heavy atom. The summed E-state index contributed by atoms with van der Waals surface area (Å²) in [5, 5.41) is 0.837. The second-order valence-electron chi connectivity index (χ2n) is 7.46. The molecule has 132 valence electrons. The van der Waals surface area contributed by atoms with Gasteiger partial charge in [-0.25, -0.2) is 4.98 Å². The van der Waals surface area contributed by atoms with E-state index in [0.717, 1.165) is 27.8 Å². The van der Waals surface area contributed by atoms with Gasteiger partial charge in [-0.15, -0.1) is 0 Å². The van der Waals surface area contributed by atoms with Crippen molar-refractivity contribution in [2.75, 3.05) is 0 Å². The van der Waals surface area contributed by atoms with Crippen molar-refractivity contribution in [3.8, 4) is 22.4 Å². The van der Waals surface area contributed by atoms with Crippen LogP contribution in [0.2, 0.25) is 0 Å². The lowest BCUT2D eigenvalue weighted by Gasteiger charge is -2.21. The summed E-state index contributed by atoms with van der Waals surface area (Å²) in [5.41, 5.74) is 4.36. The molecule has 1 heterocycles. The average Bonchev–Trinajstić information content (AvgIpc) is 3.01. The first-order valence-corrected chi connectivity index (χ1v) is 9.07. The highest BCUT2D eigenvalue weighted by Gasteiger charge is 2.35. The molecule has 3 aromatic carbocycles. The lowest BCUT2D eigenvalue weighted by molar-refractivity contribution is 0.661. The molecule has 5 rings (SSSR count). The van der Waals surface area contributed by atoms with Crippen molar-refractivity contribution in [3.05, 3.63) is 89.0 Å². The Kier molecular flexibility index (Phi) is 2.26. The van der Waals surface area contributed by atoms with Gasteiger partial charge in [-0.3, -0.25) is 0 Å². The van der Waals surface area contributed by atoms with Gasteiger partial charge in [0.2, 0.25) is 0 Å². The third-order valence-electron chi connectivity index (χ3n) is 5.37. The van der Waals surface area contributed by atoms with Crippen LogP contribution in [0.1, 0.15) is 44.2 Å². The Balaban J connectivity index is 1.84. The van der Waals surface area contributed by atoms with Gasteiger partial charge in [0.05, 0.1) is 11.2 Å². The number of rotatable bonds is 1. The van der Waals surface area contributed by atoms with Crippen LogP contribution in [0, 0.1) is 13.8 Å². The third-order valence-corrected chi connectivity index (χ3v) is 5.37. The summed E-state index contributed by atoms with van der Waals surface area (Å²) in [6, 6.07) is 20.6. The van der Waals surface area contributed by atoms with E-state index in [1.807, 2.05) is 38.1 Å². The molecule has 0 saturated heterocycles. The first-order chi connectivity index (χ1) is 15.4. The van der Waals surface area contributed by atoms with Crippen molar-refractivity contribution < 1.29 is 8.22 Å². The molecule has 0 fully saturated rings. The molecule has 1 aliphatic carbocycles. The minimum absolute atomic E-state index is 0.293. The maximum atomic E-state index is 8.38. The van der Waals surface area contributed by atoms with E-state index in [4.69, 9.17) is 13.2 Å². The largest absolute Gasteiger partial charge is 0.248 e. The number of pyridine rings is 1. The Hall–Kier alpha value is -2.93. The van der Waals surface area contributed by atoms with Crippen LogP contribution < -0.4 is 0 Å². The van der Waals surface area contributed by atoms with Crippen LogP contribution in [0.4, 0.5) is 0 Å². The zero-order valence-electron chi connectivity index (χ0n) is 21.3. The molecule has 0 unspecified atom stereocenters. The maximum absolute atomic E-state index is 8.38. The van der Waals surface area contributed by atoms with E-state index in [9.17, 15) is 0 Å². The molecular formula is C26H23N. The van der Waals surface area contributed by atoms with Gasteiger partial charge < -0.3 is 0 Å². The highest BCUT2D eigenvalue weighted by atomic mass is 14.7.